The number of hydrogen-bond donors (Lipinski definition) is 1. The van der Waals surface area contributed by atoms with Crippen LogP contribution in [0.15, 0.2) is 47.4 Å². The lowest BCUT2D eigenvalue weighted by molar-refractivity contribution is 0.102. The van der Waals surface area contributed by atoms with E-state index in [0.29, 0.717) is 29.4 Å². The first-order chi connectivity index (χ1) is 15.8. The Balaban J connectivity index is 1.56. The molecule has 2 aliphatic rings. The molecule has 4 rings (SSSR count). The first kappa shape index (κ1) is 24.0. The van der Waals surface area contributed by atoms with Crippen LogP contribution in [0.2, 0.25) is 5.02 Å². The largest absolute Gasteiger partial charge is 0.367 e. The number of rotatable bonds is 5. The standard InChI is InChI=1S/C24H31ClN4O3S/c1-27-13-15-28(16-14-27)23-10-9-20(25)18-22(23)26-24(30)19-7-6-8-21(17-19)33(31,32)29-11-4-2-3-5-12-29/h6-10,17-18H,2-5,11-16H2,1H3,(H,26,30). The van der Waals surface area contributed by atoms with Crippen LogP contribution in [0.25, 0.3) is 0 Å². The second kappa shape index (κ2) is 10.4. The summed E-state index contributed by atoms with van der Waals surface area (Å²) in [5.74, 6) is -0.361. The average Bonchev–Trinajstić information content (AvgIpc) is 3.10. The molecule has 0 aromatic heterocycles. The van der Waals surface area contributed by atoms with Gasteiger partial charge in [0.15, 0.2) is 0 Å². The minimum atomic E-state index is -3.63. The van der Waals surface area contributed by atoms with Crippen LogP contribution >= 0.6 is 11.6 Å². The Morgan fingerprint density at radius 1 is 0.909 bits per heavy atom. The summed E-state index contributed by atoms with van der Waals surface area (Å²) in [5.41, 5.74) is 1.84. The zero-order chi connectivity index (χ0) is 23.4. The van der Waals surface area contributed by atoms with Crippen LogP contribution in [-0.2, 0) is 10.0 Å². The summed E-state index contributed by atoms with van der Waals surface area (Å²) in [6.07, 6.45) is 3.82. The molecule has 0 bridgehead atoms. The third-order valence-corrected chi connectivity index (χ3v) is 8.48. The normalized spacial score (nSPS) is 18.7. The fourth-order valence-corrected chi connectivity index (χ4v) is 6.09. The summed E-state index contributed by atoms with van der Waals surface area (Å²) >= 11 is 6.23. The molecule has 178 valence electrons. The number of likely N-dealkylation sites (N-methyl/N-ethyl adjacent to an activating group) is 1. The molecular formula is C24H31ClN4O3S. The predicted molar refractivity (Wildman–Crippen MR) is 133 cm³/mol. The van der Waals surface area contributed by atoms with E-state index < -0.39 is 10.0 Å². The van der Waals surface area contributed by atoms with Crippen molar-refractivity contribution >= 4 is 38.9 Å². The first-order valence-corrected chi connectivity index (χ1v) is 13.3. The van der Waals surface area contributed by atoms with Gasteiger partial charge in [-0.05, 0) is 56.3 Å². The number of sulfonamides is 1. The minimum Gasteiger partial charge on any atom is -0.367 e. The number of nitrogens with zero attached hydrogens (tertiary/aromatic N) is 3. The second-order valence-corrected chi connectivity index (χ2v) is 11.1. The maximum absolute atomic E-state index is 13.2. The van der Waals surface area contributed by atoms with E-state index in [-0.39, 0.29) is 10.8 Å². The molecule has 0 unspecified atom stereocenters. The molecular weight excluding hydrogens is 460 g/mol. The number of piperazine rings is 1. The Morgan fingerprint density at radius 2 is 1.61 bits per heavy atom. The van der Waals surface area contributed by atoms with Crippen molar-refractivity contribution in [3.05, 3.63) is 53.1 Å². The van der Waals surface area contributed by atoms with Gasteiger partial charge in [-0.1, -0.05) is 30.5 Å². The van der Waals surface area contributed by atoms with Crippen LogP contribution in [-0.4, -0.2) is 69.8 Å². The number of nitrogens with one attached hydrogen (secondary N) is 1. The summed E-state index contributed by atoms with van der Waals surface area (Å²) in [6.45, 7) is 4.62. The van der Waals surface area contributed by atoms with Crippen LogP contribution in [0, 0.1) is 0 Å². The van der Waals surface area contributed by atoms with Crippen molar-refractivity contribution in [1.82, 2.24) is 9.21 Å². The molecule has 9 heteroatoms. The molecule has 2 saturated heterocycles. The van der Waals surface area contributed by atoms with Crippen LogP contribution < -0.4 is 10.2 Å². The van der Waals surface area contributed by atoms with Gasteiger partial charge in [0.1, 0.15) is 0 Å². The van der Waals surface area contributed by atoms with Crippen molar-refractivity contribution in [3.63, 3.8) is 0 Å². The molecule has 0 saturated carbocycles. The van der Waals surface area contributed by atoms with Crippen molar-refractivity contribution in [2.45, 2.75) is 30.6 Å². The first-order valence-electron chi connectivity index (χ1n) is 11.5. The van der Waals surface area contributed by atoms with Crippen molar-refractivity contribution in [2.75, 3.05) is 56.5 Å². The van der Waals surface area contributed by atoms with Gasteiger partial charge in [0.05, 0.1) is 16.3 Å². The quantitative estimate of drug-likeness (QED) is 0.688. The summed E-state index contributed by atoms with van der Waals surface area (Å²) in [6, 6.07) is 11.8. The van der Waals surface area contributed by atoms with Crippen molar-refractivity contribution in [1.29, 1.82) is 0 Å². The number of amides is 1. The zero-order valence-corrected chi connectivity index (χ0v) is 20.5. The smallest absolute Gasteiger partial charge is 0.255 e. The lowest BCUT2D eigenvalue weighted by Crippen LogP contribution is -2.44. The highest BCUT2D eigenvalue weighted by Crippen LogP contribution is 2.31. The molecule has 7 nitrogen and oxygen atoms in total. The molecule has 1 N–H and O–H groups in total. The molecule has 1 amide bonds. The fraction of sp³-hybridized carbons (Fsp3) is 0.458. The molecule has 0 radical (unpaired) electrons. The average molecular weight is 491 g/mol. The maximum atomic E-state index is 13.2. The molecule has 2 aromatic rings. The summed E-state index contributed by atoms with van der Waals surface area (Å²) in [5, 5.41) is 3.49. The van der Waals surface area contributed by atoms with Gasteiger partial charge in [0.25, 0.3) is 5.91 Å². The third kappa shape index (κ3) is 5.69. The van der Waals surface area contributed by atoms with E-state index >= 15 is 0 Å². The molecule has 2 aromatic carbocycles. The van der Waals surface area contributed by atoms with E-state index in [2.05, 4.69) is 22.2 Å². The SMILES string of the molecule is CN1CCN(c2ccc(Cl)cc2NC(=O)c2cccc(S(=O)(=O)N3CCCCCC3)c2)CC1. The Labute approximate surface area is 201 Å². The number of carbonyl (C=O) groups excluding carboxylic acids is 1. The van der Waals surface area contributed by atoms with Gasteiger partial charge in [-0.2, -0.15) is 4.31 Å². The number of halogens is 1. The molecule has 0 aliphatic carbocycles. The van der Waals surface area contributed by atoms with Gasteiger partial charge < -0.3 is 15.1 Å². The zero-order valence-electron chi connectivity index (χ0n) is 19.0. The summed E-state index contributed by atoms with van der Waals surface area (Å²) in [4.78, 5) is 17.8. The van der Waals surface area contributed by atoms with Crippen LogP contribution in [0.4, 0.5) is 11.4 Å². The molecule has 2 heterocycles. The van der Waals surface area contributed by atoms with E-state index in [1.807, 2.05) is 12.1 Å². The van der Waals surface area contributed by atoms with E-state index in [1.54, 1.807) is 28.6 Å². The highest BCUT2D eigenvalue weighted by molar-refractivity contribution is 7.89. The van der Waals surface area contributed by atoms with E-state index in [0.717, 1.165) is 57.5 Å². The molecule has 2 aliphatic heterocycles. The van der Waals surface area contributed by atoms with E-state index in [1.165, 1.54) is 6.07 Å². The van der Waals surface area contributed by atoms with Crippen LogP contribution in [0.5, 0.6) is 0 Å². The highest BCUT2D eigenvalue weighted by Gasteiger charge is 2.26. The fourth-order valence-electron chi connectivity index (χ4n) is 4.35. The minimum absolute atomic E-state index is 0.155. The van der Waals surface area contributed by atoms with Gasteiger partial charge in [0.2, 0.25) is 10.0 Å². The van der Waals surface area contributed by atoms with Crippen molar-refractivity contribution in [2.24, 2.45) is 0 Å². The van der Waals surface area contributed by atoms with Gasteiger partial charge in [0, 0.05) is 49.9 Å². The lowest BCUT2D eigenvalue weighted by atomic mass is 10.1. The monoisotopic (exact) mass is 490 g/mol. The molecule has 0 atom stereocenters. The molecule has 2 fully saturated rings. The van der Waals surface area contributed by atoms with E-state index in [4.69, 9.17) is 11.6 Å². The maximum Gasteiger partial charge on any atom is 0.255 e. The number of anilines is 2. The highest BCUT2D eigenvalue weighted by atomic mass is 35.5. The summed E-state index contributed by atoms with van der Waals surface area (Å²) < 4.78 is 27.9. The summed E-state index contributed by atoms with van der Waals surface area (Å²) in [7, 11) is -1.54. The topological polar surface area (TPSA) is 73.0 Å². The van der Waals surface area contributed by atoms with Crippen molar-refractivity contribution in [3.8, 4) is 0 Å². The lowest BCUT2D eigenvalue weighted by Gasteiger charge is -2.35. The number of hydrogen-bond acceptors (Lipinski definition) is 5. The van der Waals surface area contributed by atoms with Gasteiger partial charge in [-0.3, -0.25) is 4.79 Å². The molecule has 33 heavy (non-hydrogen) atoms. The van der Waals surface area contributed by atoms with Crippen LogP contribution in [0.1, 0.15) is 36.0 Å². The Hall–Kier alpha value is -2.13. The number of benzene rings is 2. The van der Waals surface area contributed by atoms with E-state index in [9.17, 15) is 13.2 Å². The van der Waals surface area contributed by atoms with Gasteiger partial charge >= 0.3 is 0 Å². The Morgan fingerprint density at radius 3 is 2.30 bits per heavy atom. The molecule has 0 spiro atoms. The number of carbonyl (C=O) groups is 1. The van der Waals surface area contributed by atoms with Crippen molar-refractivity contribution < 1.29 is 13.2 Å². The third-order valence-electron chi connectivity index (χ3n) is 6.35. The Kier molecular flexibility index (Phi) is 7.58. The predicted octanol–water partition coefficient (Wildman–Crippen LogP) is 3.91. The van der Waals surface area contributed by atoms with Gasteiger partial charge in [-0.25, -0.2) is 8.42 Å². The second-order valence-electron chi connectivity index (χ2n) is 8.75. The van der Waals surface area contributed by atoms with Gasteiger partial charge in [-0.15, -0.1) is 0 Å². The Bertz CT molecular complexity index is 1090. The van der Waals surface area contributed by atoms with Crippen LogP contribution in [0.3, 0.4) is 0 Å².